The maximum absolute atomic E-state index is 11.8. The van der Waals surface area contributed by atoms with Gasteiger partial charge >= 0.3 is 5.91 Å². The fourth-order valence-corrected chi connectivity index (χ4v) is 2.28. The van der Waals surface area contributed by atoms with Gasteiger partial charge in [0.25, 0.3) is 5.91 Å². The van der Waals surface area contributed by atoms with Crippen LogP contribution in [0.3, 0.4) is 0 Å². The molecule has 0 aliphatic heterocycles. The summed E-state index contributed by atoms with van der Waals surface area (Å²) in [6.45, 7) is 1.74. The maximum Gasteiger partial charge on any atom is 0.305 e. The van der Waals surface area contributed by atoms with E-state index in [1.54, 1.807) is 37.3 Å². The molecular formula is C13H10Br2N2O3. The number of nitrogens with one attached hydrogen (secondary N) is 2. The fraction of sp³-hybridized carbons (Fsp3) is 0.0769. The highest BCUT2D eigenvalue weighted by molar-refractivity contribution is 9.10. The molecule has 1 aromatic heterocycles. The molecule has 0 saturated heterocycles. The first-order chi connectivity index (χ1) is 9.47. The van der Waals surface area contributed by atoms with Crippen LogP contribution in [-0.2, 0) is 0 Å². The molecule has 0 spiro atoms. The largest absolute Gasteiger partial charge is 0.444 e. The molecule has 0 fully saturated rings. The molecule has 104 valence electrons. The lowest BCUT2D eigenvalue weighted by molar-refractivity contribution is 0.0829. The van der Waals surface area contributed by atoms with Crippen molar-refractivity contribution in [1.82, 2.24) is 10.9 Å². The van der Waals surface area contributed by atoms with E-state index in [9.17, 15) is 9.59 Å². The Bertz CT molecular complexity index is 650. The summed E-state index contributed by atoms with van der Waals surface area (Å²) in [4.78, 5) is 23.6. The number of hydrogen-bond acceptors (Lipinski definition) is 3. The van der Waals surface area contributed by atoms with Gasteiger partial charge in [-0.25, -0.2) is 0 Å². The molecule has 2 N–H and O–H groups in total. The molecule has 20 heavy (non-hydrogen) atoms. The standard InChI is InChI=1S/C13H10Br2N2O3/c1-7-6-10(15)20-11(7)13(19)17-16-12(18)8-2-4-9(14)5-3-8/h2-6H,1H3,(H,16,18)(H,17,19). The Labute approximate surface area is 132 Å². The number of hydrazine groups is 1. The first-order valence-electron chi connectivity index (χ1n) is 5.59. The second-order valence-electron chi connectivity index (χ2n) is 3.98. The third-order valence-corrected chi connectivity index (χ3v) is 3.41. The number of hydrogen-bond donors (Lipinski definition) is 2. The molecule has 2 rings (SSSR count). The van der Waals surface area contributed by atoms with E-state index >= 15 is 0 Å². The van der Waals surface area contributed by atoms with Crippen molar-refractivity contribution in [2.24, 2.45) is 0 Å². The van der Waals surface area contributed by atoms with Crippen molar-refractivity contribution in [2.75, 3.05) is 0 Å². The molecule has 0 atom stereocenters. The maximum atomic E-state index is 11.8. The van der Waals surface area contributed by atoms with Crippen LogP contribution in [0.4, 0.5) is 0 Å². The van der Waals surface area contributed by atoms with Crippen LogP contribution >= 0.6 is 31.9 Å². The van der Waals surface area contributed by atoms with E-state index < -0.39 is 11.8 Å². The van der Waals surface area contributed by atoms with E-state index in [-0.39, 0.29) is 5.76 Å². The van der Waals surface area contributed by atoms with Crippen LogP contribution in [0, 0.1) is 6.92 Å². The topological polar surface area (TPSA) is 71.3 Å². The monoisotopic (exact) mass is 400 g/mol. The van der Waals surface area contributed by atoms with Crippen LogP contribution in [-0.4, -0.2) is 11.8 Å². The molecule has 7 heteroatoms. The van der Waals surface area contributed by atoms with E-state index in [0.29, 0.717) is 15.8 Å². The van der Waals surface area contributed by atoms with Gasteiger partial charge < -0.3 is 4.42 Å². The molecule has 0 bridgehead atoms. The van der Waals surface area contributed by atoms with Crippen LogP contribution in [0.1, 0.15) is 26.5 Å². The van der Waals surface area contributed by atoms with Crippen molar-refractivity contribution in [3.63, 3.8) is 0 Å². The Kier molecular flexibility index (Phi) is 4.61. The molecule has 0 radical (unpaired) electrons. The summed E-state index contributed by atoms with van der Waals surface area (Å²) < 4.78 is 6.50. The zero-order valence-electron chi connectivity index (χ0n) is 10.4. The third kappa shape index (κ3) is 3.49. The number of aryl methyl sites for hydroxylation is 1. The molecule has 2 amide bonds. The van der Waals surface area contributed by atoms with E-state index in [2.05, 4.69) is 42.7 Å². The van der Waals surface area contributed by atoms with E-state index in [1.165, 1.54) is 0 Å². The number of benzene rings is 1. The minimum absolute atomic E-state index is 0.146. The van der Waals surface area contributed by atoms with Crippen molar-refractivity contribution in [3.05, 3.63) is 56.4 Å². The Balaban J connectivity index is 1.98. The van der Waals surface area contributed by atoms with Gasteiger partial charge in [0.1, 0.15) is 0 Å². The van der Waals surface area contributed by atoms with Crippen molar-refractivity contribution < 1.29 is 14.0 Å². The highest BCUT2D eigenvalue weighted by atomic mass is 79.9. The minimum atomic E-state index is -0.515. The SMILES string of the molecule is Cc1cc(Br)oc1C(=O)NNC(=O)c1ccc(Br)cc1. The second-order valence-corrected chi connectivity index (χ2v) is 5.68. The van der Waals surface area contributed by atoms with Gasteiger partial charge in [-0.15, -0.1) is 0 Å². The predicted molar refractivity (Wildman–Crippen MR) is 80.2 cm³/mol. The van der Waals surface area contributed by atoms with Gasteiger partial charge in [0.15, 0.2) is 10.4 Å². The van der Waals surface area contributed by atoms with Gasteiger partial charge in [-0.2, -0.15) is 0 Å². The van der Waals surface area contributed by atoms with Gasteiger partial charge in [0.2, 0.25) is 0 Å². The highest BCUT2D eigenvalue weighted by Gasteiger charge is 2.15. The molecule has 1 heterocycles. The molecule has 0 saturated carbocycles. The lowest BCUT2D eigenvalue weighted by Crippen LogP contribution is -2.41. The first kappa shape index (κ1) is 14.8. The number of carbonyl (C=O) groups excluding carboxylic acids is 2. The van der Waals surface area contributed by atoms with Gasteiger partial charge in [-0.3, -0.25) is 20.4 Å². The van der Waals surface area contributed by atoms with Crippen LogP contribution in [0.2, 0.25) is 0 Å². The second kappa shape index (κ2) is 6.23. The molecule has 0 aliphatic rings. The molecule has 2 aromatic rings. The zero-order valence-corrected chi connectivity index (χ0v) is 13.5. The summed E-state index contributed by atoms with van der Waals surface area (Å²) in [5.74, 6) is -0.777. The number of carbonyl (C=O) groups is 2. The Morgan fingerprint density at radius 2 is 1.65 bits per heavy atom. The number of rotatable bonds is 2. The highest BCUT2D eigenvalue weighted by Crippen LogP contribution is 2.19. The third-order valence-electron chi connectivity index (χ3n) is 2.49. The van der Waals surface area contributed by atoms with Crippen LogP contribution in [0.25, 0.3) is 0 Å². The summed E-state index contributed by atoms with van der Waals surface area (Å²) in [5.41, 5.74) is 5.73. The Morgan fingerprint density at radius 3 is 2.20 bits per heavy atom. The van der Waals surface area contributed by atoms with Crippen molar-refractivity contribution in [3.8, 4) is 0 Å². The van der Waals surface area contributed by atoms with E-state index in [0.717, 1.165) is 4.47 Å². The Hall–Kier alpha value is -1.60. The van der Waals surface area contributed by atoms with Gasteiger partial charge in [-0.05, 0) is 53.2 Å². The van der Waals surface area contributed by atoms with E-state index in [1.807, 2.05) is 0 Å². The first-order valence-corrected chi connectivity index (χ1v) is 7.18. The average molecular weight is 402 g/mol. The van der Waals surface area contributed by atoms with Crippen LogP contribution < -0.4 is 10.9 Å². The fourth-order valence-electron chi connectivity index (χ4n) is 1.51. The van der Waals surface area contributed by atoms with Crippen LogP contribution in [0.15, 0.2) is 43.9 Å². The lowest BCUT2D eigenvalue weighted by Gasteiger charge is -2.06. The van der Waals surface area contributed by atoms with Gasteiger partial charge in [-0.1, -0.05) is 15.9 Å². The summed E-state index contributed by atoms with van der Waals surface area (Å²) in [6.07, 6.45) is 0. The Morgan fingerprint density at radius 1 is 1.05 bits per heavy atom. The normalized spacial score (nSPS) is 10.2. The van der Waals surface area contributed by atoms with Crippen LogP contribution in [0.5, 0.6) is 0 Å². The van der Waals surface area contributed by atoms with Gasteiger partial charge in [0.05, 0.1) is 0 Å². The lowest BCUT2D eigenvalue weighted by atomic mass is 10.2. The predicted octanol–water partition coefficient (Wildman–Crippen LogP) is 3.19. The smallest absolute Gasteiger partial charge is 0.305 e. The number of halogens is 2. The van der Waals surface area contributed by atoms with E-state index in [4.69, 9.17) is 4.42 Å². The summed E-state index contributed by atoms with van der Waals surface area (Å²) in [7, 11) is 0. The molecule has 0 unspecified atom stereocenters. The summed E-state index contributed by atoms with van der Waals surface area (Å²) in [6, 6.07) is 8.43. The van der Waals surface area contributed by atoms with Crippen molar-refractivity contribution in [1.29, 1.82) is 0 Å². The van der Waals surface area contributed by atoms with Gasteiger partial charge in [0, 0.05) is 15.6 Å². The quantitative estimate of drug-likeness (QED) is 0.759. The molecule has 5 nitrogen and oxygen atoms in total. The average Bonchev–Trinajstić information content (AvgIpc) is 2.75. The molecular weight excluding hydrogens is 392 g/mol. The summed E-state index contributed by atoms with van der Waals surface area (Å²) in [5, 5.41) is 0. The molecule has 1 aromatic carbocycles. The summed E-state index contributed by atoms with van der Waals surface area (Å²) >= 11 is 6.42. The zero-order chi connectivity index (χ0) is 14.7. The molecule has 0 aliphatic carbocycles. The number of furan rings is 1. The minimum Gasteiger partial charge on any atom is -0.444 e. The number of amides is 2. The van der Waals surface area contributed by atoms with Crippen molar-refractivity contribution in [2.45, 2.75) is 6.92 Å². The van der Waals surface area contributed by atoms with Crippen molar-refractivity contribution >= 4 is 43.7 Å².